The van der Waals surface area contributed by atoms with Crippen LogP contribution in [0.2, 0.25) is 0 Å². The van der Waals surface area contributed by atoms with Crippen molar-refractivity contribution in [1.82, 2.24) is 0 Å². The first-order chi connectivity index (χ1) is 3.93. The SMILES string of the molecule is S=C=Nc1ccsc1. The predicted molar refractivity (Wildman–Crippen MR) is 39.0 cm³/mol. The van der Waals surface area contributed by atoms with Gasteiger partial charge >= 0.3 is 0 Å². The monoisotopic (exact) mass is 141 g/mol. The highest BCUT2D eigenvalue weighted by atomic mass is 32.1. The molecular weight excluding hydrogens is 138 g/mol. The van der Waals surface area contributed by atoms with Crippen LogP contribution in [0.25, 0.3) is 0 Å². The Hall–Kier alpha value is -0.500. The zero-order chi connectivity index (χ0) is 5.82. The third-order valence-corrected chi connectivity index (χ3v) is 1.44. The average molecular weight is 141 g/mol. The number of isothiocyanates is 1. The molecule has 0 saturated heterocycles. The largest absolute Gasteiger partial charge is 0.194 e. The third-order valence-electron chi connectivity index (χ3n) is 0.681. The molecule has 0 N–H and O–H groups in total. The molecule has 8 heavy (non-hydrogen) atoms. The van der Waals surface area contributed by atoms with E-state index < -0.39 is 0 Å². The molecule has 0 radical (unpaired) electrons. The van der Waals surface area contributed by atoms with E-state index in [4.69, 9.17) is 0 Å². The lowest BCUT2D eigenvalue weighted by Crippen LogP contribution is -1.45. The summed E-state index contributed by atoms with van der Waals surface area (Å²) in [5.41, 5.74) is 0.894. The van der Waals surface area contributed by atoms with Crippen molar-refractivity contribution in [3.63, 3.8) is 0 Å². The summed E-state index contributed by atoms with van der Waals surface area (Å²) < 4.78 is 0. The highest BCUT2D eigenvalue weighted by molar-refractivity contribution is 7.78. The molecule has 1 heterocycles. The van der Waals surface area contributed by atoms with Gasteiger partial charge in [0.15, 0.2) is 0 Å². The van der Waals surface area contributed by atoms with E-state index in [1.54, 1.807) is 11.3 Å². The molecule has 0 unspecified atom stereocenters. The Labute approximate surface area is 56.7 Å². The lowest BCUT2D eigenvalue weighted by atomic mass is 10.6. The molecule has 1 nitrogen and oxygen atoms in total. The maximum atomic E-state index is 4.39. The van der Waals surface area contributed by atoms with Crippen LogP contribution in [0.5, 0.6) is 0 Å². The van der Waals surface area contributed by atoms with Gasteiger partial charge < -0.3 is 0 Å². The van der Waals surface area contributed by atoms with Gasteiger partial charge in [0.1, 0.15) is 0 Å². The Morgan fingerprint density at radius 2 is 2.62 bits per heavy atom. The van der Waals surface area contributed by atoms with Gasteiger partial charge in [-0.05, 0) is 23.7 Å². The minimum atomic E-state index is 0.894. The second-order valence-corrected chi connectivity index (χ2v) is 2.15. The van der Waals surface area contributed by atoms with Crippen LogP contribution < -0.4 is 0 Å². The lowest BCUT2D eigenvalue weighted by molar-refractivity contribution is 1.63. The van der Waals surface area contributed by atoms with Gasteiger partial charge in [-0.2, -0.15) is 16.3 Å². The smallest absolute Gasteiger partial charge is 0.0846 e. The average Bonchev–Trinajstić information content (AvgIpc) is 2.19. The molecule has 1 rings (SSSR count). The Morgan fingerprint density at radius 3 is 3.12 bits per heavy atom. The van der Waals surface area contributed by atoms with Crippen LogP contribution in [-0.2, 0) is 0 Å². The quantitative estimate of drug-likeness (QED) is 0.432. The summed E-state index contributed by atoms with van der Waals surface area (Å²) in [6.45, 7) is 0. The summed E-state index contributed by atoms with van der Waals surface area (Å²) in [6, 6.07) is 1.89. The van der Waals surface area contributed by atoms with E-state index in [9.17, 15) is 0 Å². The highest BCUT2D eigenvalue weighted by Crippen LogP contribution is 2.13. The zero-order valence-corrected chi connectivity index (χ0v) is 5.63. The molecule has 40 valence electrons. The Morgan fingerprint density at radius 1 is 1.75 bits per heavy atom. The summed E-state index contributed by atoms with van der Waals surface area (Å²) in [7, 11) is 0. The van der Waals surface area contributed by atoms with E-state index in [2.05, 4.69) is 22.4 Å². The topological polar surface area (TPSA) is 12.4 Å². The summed E-state index contributed by atoms with van der Waals surface area (Å²) >= 11 is 5.99. The standard InChI is InChI=1S/C5H3NS2/c7-4-6-5-1-2-8-3-5/h1-3H. The van der Waals surface area contributed by atoms with Gasteiger partial charge in [-0.1, -0.05) is 0 Å². The van der Waals surface area contributed by atoms with Crippen LogP contribution in [0.15, 0.2) is 21.8 Å². The van der Waals surface area contributed by atoms with Gasteiger partial charge in [-0.25, -0.2) is 0 Å². The van der Waals surface area contributed by atoms with E-state index >= 15 is 0 Å². The van der Waals surface area contributed by atoms with E-state index in [1.807, 2.05) is 16.8 Å². The van der Waals surface area contributed by atoms with Gasteiger partial charge in [0.2, 0.25) is 0 Å². The minimum Gasteiger partial charge on any atom is -0.194 e. The summed E-state index contributed by atoms with van der Waals surface area (Å²) in [6.07, 6.45) is 0. The Bertz CT molecular complexity index is 196. The van der Waals surface area contributed by atoms with Crippen molar-refractivity contribution >= 4 is 34.4 Å². The van der Waals surface area contributed by atoms with Crippen molar-refractivity contribution in [2.75, 3.05) is 0 Å². The number of thiophene rings is 1. The lowest BCUT2D eigenvalue weighted by Gasteiger charge is -1.70. The van der Waals surface area contributed by atoms with Gasteiger partial charge in [0.25, 0.3) is 0 Å². The van der Waals surface area contributed by atoms with E-state index in [-0.39, 0.29) is 0 Å². The first kappa shape index (κ1) is 5.63. The maximum absolute atomic E-state index is 4.39. The van der Waals surface area contributed by atoms with E-state index in [0.717, 1.165) is 5.69 Å². The molecule has 0 saturated carbocycles. The number of hydrogen-bond donors (Lipinski definition) is 0. The molecule has 0 aromatic carbocycles. The second kappa shape index (κ2) is 2.72. The molecule has 1 aromatic heterocycles. The molecule has 0 atom stereocenters. The molecule has 0 spiro atoms. The van der Waals surface area contributed by atoms with E-state index in [0.29, 0.717) is 0 Å². The van der Waals surface area contributed by atoms with Crippen molar-refractivity contribution in [2.45, 2.75) is 0 Å². The number of thiocarbonyl (C=S) groups is 1. The minimum absolute atomic E-state index is 0.894. The van der Waals surface area contributed by atoms with Crippen LogP contribution >= 0.6 is 23.6 Å². The van der Waals surface area contributed by atoms with Crippen LogP contribution in [0.4, 0.5) is 5.69 Å². The maximum Gasteiger partial charge on any atom is 0.0846 e. The van der Waals surface area contributed by atoms with Crippen molar-refractivity contribution in [3.05, 3.63) is 16.8 Å². The van der Waals surface area contributed by atoms with Crippen LogP contribution in [0, 0.1) is 0 Å². The second-order valence-electron chi connectivity index (χ2n) is 1.18. The molecule has 0 fully saturated rings. The fourth-order valence-electron chi connectivity index (χ4n) is 0.374. The van der Waals surface area contributed by atoms with Crippen LogP contribution in [0.1, 0.15) is 0 Å². The van der Waals surface area contributed by atoms with Gasteiger partial charge in [-0.15, -0.1) is 0 Å². The van der Waals surface area contributed by atoms with Gasteiger partial charge in [0, 0.05) is 5.38 Å². The first-order valence-electron chi connectivity index (χ1n) is 2.03. The molecule has 0 aliphatic rings. The van der Waals surface area contributed by atoms with Gasteiger partial charge in [-0.3, -0.25) is 0 Å². The fraction of sp³-hybridized carbons (Fsp3) is 0. The molecule has 0 aliphatic heterocycles. The predicted octanol–water partition coefficient (Wildman–Crippen LogP) is 2.48. The zero-order valence-electron chi connectivity index (χ0n) is 4.00. The first-order valence-corrected chi connectivity index (χ1v) is 3.38. The number of aliphatic imine (C=N–C) groups is 1. The summed E-state index contributed by atoms with van der Waals surface area (Å²) in [4.78, 5) is 3.74. The third kappa shape index (κ3) is 1.23. The van der Waals surface area contributed by atoms with Crippen LogP contribution in [-0.4, -0.2) is 5.16 Å². The van der Waals surface area contributed by atoms with Crippen molar-refractivity contribution < 1.29 is 0 Å². The molecular formula is C5H3NS2. The van der Waals surface area contributed by atoms with Crippen molar-refractivity contribution in [2.24, 2.45) is 4.99 Å². The molecule has 3 heteroatoms. The van der Waals surface area contributed by atoms with E-state index in [1.165, 1.54) is 0 Å². The Kier molecular flexibility index (Phi) is 1.92. The summed E-state index contributed by atoms with van der Waals surface area (Å²) in [5, 5.41) is 6.15. The Balaban J connectivity index is 2.93. The van der Waals surface area contributed by atoms with Crippen molar-refractivity contribution in [3.8, 4) is 0 Å². The fourth-order valence-corrected chi connectivity index (χ4v) is 1.05. The van der Waals surface area contributed by atoms with Gasteiger partial charge in [0.05, 0.1) is 10.8 Å². The van der Waals surface area contributed by atoms with Crippen LogP contribution in [0.3, 0.4) is 0 Å². The molecule has 1 aromatic rings. The number of hydrogen-bond acceptors (Lipinski definition) is 3. The number of rotatable bonds is 1. The molecule has 0 amide bonds. The normalized spacial score (nSPS) is 8.00. The molecule has 0 aliphatic carbocycles. The molecule has 0 bridgehead atoms. The highest BCUT2D eigenvalue weighted by Gasteiger charge is 1.81. The van der Waals surface area contributed by atoms with Crippen molar-refractivity contribution in [1.29, 1.82) is 0 Å². The summed E-state index contributed by atoms with van der Waals surface area (Å²) in [5.74, 6) is 0. The number of nitrogens with zero attached hydrogens (tertiary/aromatic N) is 1.